The van der Waals surface area contributed by atoms with Crippen LogP contribution in [0.25, 0.3) is 0 Å². The van der Waals surface area contributed by atoms with Gasteiger partial charge in [-0.2, -0.15) is 0 Å². The van der Waals surface area contributed by atoms with Crippen LogP contribution in [0.3, 0.4) is 0 Å². The molecule has 0 radical (unpaired) electrons. The first-order valence-corrected chi connectivity index (χ1v) is 5.14. The van der Waals surface area contributed by atoms with Crippen molar-refractivity contribution in [2.24, 2.45) is 5.92 Å². The van der Waals surface area contributed by atoms with Crippen LogP contribution in [-0.2, 0) is 9.53 Å². The van der Waals surface area contributed by atoms with E-state index in [0.717, 1.165) is 0 Å². The van der Waals surface area contributed by atoms with E-state index < -0.39 is 0 Å². The predicted octanol–water partition coefficient (Wildman–Crippen LogP) is 1.62. The quantitative estimate of drug-likeness (QED) is 0.663. The standard InChI is InChI=1S/C9H14ClNO3/c1-2-14-9(13)11-5-3-7(4-6-11)8(10)12/h7H,2-6H2,1H3. The molecule has 1 aliphatic rings. The van der Waals surface area contributed by atoms with E-state index in [1.54, 1.807) is 11.8 Å². The summed E-state index contributed by atoms with van der Waals surface area (Å²) >= 11 is 5.37. The van der Waals surface area contributed by atoms with Crippen LogP contribution in [0.1, 0.15) is 19.8 Å². The van der Waals surface area contributed by atoms with Crippen molar-refractivity contribution in [2.45, 2.75) is 19.8 Å². The lowest BCUT2D eigenvalue weighted by Crippen LogP contribution is -2.39. The van der Waals surface area contributed by atoms with Crippen LogP contribution in [0.5, 0.6) is 0 Å². The highest BCUT2D eigenvalue weighted by molar-refractivity contribution is 6.63. The molecule has 0 unspecified atom stereocenters. The van der Waals surface area contributed by atoms with Crippen LogP contribution in [0.4, 0.5) is 4.79 Å². The minimum absolute atomic E-state index is 0.0951. The van der Waals surface area contributed by atoms with Gasteiger partial charge in [0.2, 0.25) is 5.24 Å². The molecule has 0 atom stereocenters. The molecule has 80 valence electrons. The fraction of sp³-hybridized carbons (Fsp3) is 0.778. The van der Waals surface area contributed by atoms with Crippen LogP contribution in [-0.4, -0.2) is 35.9 Å². The first-order valence-electron chi connectivity index (χ1n) is 4.76. The Morgan fingerprint density at radius 2 is 2.00 bits per heavy atom. The number of hydrogen-bond donors (Lipinski definition) is 0. The summed E-state index contributed by atoms with van der Waals surface area (Å²) in [6.07, 6.45) is 0.982. The van der Waals surface area contributed by atoms with Crippen molar-refractivity contribution in [1.29, 1.82) is 0 Å². The number of likely N-dealkylation sites (tertiary alicyclic amines) is 1. The van der Waals surface area contributed by atoms with Gasteiger partial charge in [0.25, 0.3) is 0 Å². The molecule has 4 nitrogen and oxygen atoms in total. The summed E-state index contributed by atoms with van der Waals surface area (Å²) < 4.78 is 4.85. The van der Waals surface area contributed by atoms with Gasteiger partial charge in [-0.1, -0.05) is 0 Å². The SMILES string of the molecule is CCOC(=O)N1CCC(C(=O)Cl)CC1. The van der Waals surface area contributed by atoms with Gasteiger partial charge in [-0.25, -0.2) is 4.79 Å². The van der Waals surface area contributed by atoms with Gasteiger partial charge >= 0.3 is 6.09 Å². The summed E-state index contributed by atoms with van der Waals surface area (Å²) in [5, 5.41) is -0.298. The summed E-state index contributed by atoms with van der Waals surface area (Å²) in [6, 6.07) is 0. The Balaban J connectivity index is 2.35. The molecule has 0 aromatic carbocycles. The molecule has 0 N–H and O–H groups in total. The summed E-state index contributed by atoms with van der Waals surface area (Å²) in [5.74, 6) is -0.0951. The molecule has 1 fully saturated rings. The molecule has 14 heavy (non-hydrogen) atoms. The first-order chi connectivity index (χ1) is 6.65. The molecule has 0 aliphatic carbocycles. The molecule has 1 amide bonds. The third kappa shape index (κ3) is 2.87. The van der Waals surface area contributed by atoms with Crippen LogP contribution in [0, 0.1) is 5.92 Å². The molecule has 0 spiro atoms. The van der Waals surface area contributed by atoms with Crippen molar-refractivity contribution < 1.29 is 14.3 Å². The van der Waals surface area contributed by atoms with E-state index in [9.17, 15) is 9.59 Å². The highest BCUT2D eigenvalue weighted by atomic mass is 35.5. The average Bonchev–Trinajstić information content (AvgIpc) is 2.18. The first kappa shape index (κ1) is 11.3. The molecular formula is C9H14ClNO3. The highest BCUT2D eigenvalue weighted by Gasteiger charge is 2.26. The molecule has 1 heterocycles. The summed E-state index contributed by atoms with van der Waals surface area (Å²) in [4.78, 5) is 23.7. The van der Waals surface area contributed by atoms with Gasteiger partial charge in [0.15, 0.2) is 0 Å². The lowest BCUT2D eigenvalue weighted by Gasteiger charge is -2.29. The van der Waals surface area contributed by atoms with Gasteiger partial charge in [0.1, 0.15) is 0 Å². The molecule has 1 rings (SSSR count). The number of hydrogen-bond acceptors (Lipinski definition) is 3. The summed E-state index contributed by atoms with van der Waals surface area (Å²) in [6.45, 7) is 3.27. The zero-order chi connectivity index (χ0) is 10.6. The average molecular weight is 220 g/mol. The third-order valence-corrected chi connectivity index (χ3v) is 2.65. The van der Waals surface area contributed by atoms with E-state index in [1.165, 1.54) is 0 Å². The Kier molecular flexibility index (Phi) is 4.20. The van der Waals surface area contributed by atoms with Gasteiger partial charge in [-0.15, -0.1) is 0 Å². The van der Waals surface area contributed by atoms with Gasteiger partial charge in [-0.05, 0) is 31.4 Å². The molecule has 0 saturated carbocycles. The maximum Gasteiger partial charge on any atom is 0.409 e. The second kappa shape index (κ2) is 5.20. The predicted molar refractivity (Wildman–Crippen MR) is 52.2 cm³/mol. The number of halogens is 1. The van der Waals surface area contributed by atoms with Crippen LogP contribution in [0.15, 0.2) is 0 Å². The van der Waals surface area contributed by atoms with Crippen LogP contribution in [0.2, 0.25) is 0 Å². The lowest BCUT2D eigenvalue weighted by atomic mass is 9.99. The number of carbonyl (C=O) groups excluding carboxylic acids is 2. The maximum absolute atomic E-state index is 11.3. The maximum atomic E-state index is 11.3. The van der Waals surface area contributed by atoms with Gasteiger partial charge in [-0.3, -0.25) is 4.79 Å². The van der Waals surface area contributed by atoms with Crippen LogP contribution < -0.4 is 0 Å². The van der Waals surface area contributed by atoms with Gasteiger partial charge < -0.3 is 9.64 Å². The summed E-state index contributed by atoms with van der Waals surface area (Å²) in [5.41, 5.74) is 0. The fourth-order valence-corrected chi connectivity index (χ4v) is 1.72. The molecule has 0 bridgehead atoms. The summed E-state index contributed by atoms with van der Waals surface area (Å²) in [7, 11) is 0. The number of piperidine rings is 1. The van der Waals surface area contributed by atoms with Gasteiger partial charge in [0, 0.05) is 19.0 Å². The van der Waals surface area contributed by atoms with Crippen molar-refractivity contribution >= 4 is 22.9 Å². The zero-order valence-corrected chi connectivity index (χ0v) is 8.92. The second-order valence-electron chi connectivity index (χ2n) is 3.26. The molecule has 0 aromatic rings. The normalized spacial score (nSPS) is 18.0. The van der Waals surface area contributed by atoms with E-state index in [1.807, 2.05) is 0 Å². The number of nitrogens with zero attached hydrogens (tertiary/aromatic N) is 1. The Morgan fingerprint density at radius 1 is 1.43 bits per heavy atom. The monoisotopic (exact) mass is 219 g/mol. The van der Waals surface area contributed by atoms with Crippen molar-refractivity contribution in [2.75, 3.05) is 19.7 Å². The van der Waals surface area contributed by atoms with Gasteiger partial charge in [0.05, 0.1) is 6.61 Å². The molecule has 1 saturated heterocycles. The van der Waals surface area contributed by atoms with E-state index in [2.05, 4.69) is 0 Å². The minimum Gasteiger partial charge on any atom is -0.450 e. The van der Waals surface area contributed by atoms with Crippen molar-refractivity contribution in [3.05, 3.63) is 0 Å². The topological polar surface area (TPSA) is 46.6 Å². The van der Waals surface area contributed by atoms with Crippen molar-refractivity contribution in [3.8, 4) is 0 Å². The Labute approximate surface area is 88.2 Å². The zero-order valence-electron chi connectivity index (χ0n) is 8.16. The third-order valence-electron chi connectivity index (χ3n) is 2.34. The molecule has 5 heteroatoms. The van der Waals surface area contributed by atoms with Crippen molar-refractivity contribution in [1.82, 2.24) is 4.90 Å². The Bertz CT molecular complexity index is 224. The van der Waals surface area contributed by atoms with Crippen molar-refractivity contribution in [3.63, 3.8) is 0 Å². The minimum atomic E-state index is -0.298. The molecule has 1 aliphatic heterocycles. The number of amides is 1. The molecular weight excluding hydrogens is 206 g/mol. The molecule has 0 aromatic heterocycles. The van der Waals surface area contributed by atoms with E-state index in [4.69, 9.17) is 16.3 Å². The van der Waals surface area contributed by atoms with E-state index in [0.29, 0.717) is 32.5 Å². The highest BCUT2D eigenvalue weighted by Crippen LogP contribution is 2.19. The largest absolute Gasteiger partial charge is 0.450 e. The van der Waals surface area contributed by atoms with E-state index >= 15 is 0 Å². The Hall–Kier alpha value is -0.770. The smallest absolute Gasteiger partial charge is 0.409 e. The fourth-order valence-electron chi connectivity index (χ4n) is 1.50. The number of ether oxygens (including phenoxy) is 1. The van der Waals surface area contributed by atoms with Crippen LogP contribution >= 0.6 is 11.6 Å². The number of carbonyl (C=O) groups is 2. The van der Waals surface area contributed by atoms with E-state index in [-0.39, 0.29) is 17.3 Å². The second-order valence-corrected chi connectivity index (χ2v) is 3.64. The Morgan fingerprint density at radius 3 is 2.43 bits per heavy atom. The lowest BCUT2D eigenvalue weighted by molar-refractivity contribution is -0.116. The number of rotatable bonds is 2.